The lowest BCUT2D eigenvalue weighted by Gasteiger charge is -2.25. The van der Waals surface area contributed by atoms with Crippen molar-refractivity contribution in [3.05, 3.63) is 59.2 Å². The van der Waals surface area contributed by atoms with Gasteiger partial charge in [0.15, 0.2) is 0 Å². The van der Waals surface area contributed by atoms with Crippen molar-refractivity contribution in [1.82, 2.24) is 0 Å². The van der Waals surface area contributed by atoms with Gasteiger partial charge in [-0.05, 0) is 49.2 Å². The van der Waals surface area contributed by atoms with Crippen LogP contribution in [0.4, 0.5) is 5.69 Å². The first-order valence-electron chi connectivity index (χ1n) is 7.35. The van der Waals surface area contributed by atoms with Crippen molar-refractivity contribution in [2.45, 2.75) is 26.9 Å². The van der Waals surface area contributed by atoms with E-state index in [-0.39, 0.29) is 0 Å². The van der Waals surface area contributed by atoms with Gasteiger partial charge < -0.3 is 15.4 Å². The summed E-state index contributed by atoms with van der Waals surface area (Å²) in [4.78, 5) is 2.34. The average molecular weight is 284 g/mol. The van der Waals surface area contributed by atoms with Crippen LogP contribution in [0.2, 0.25) is 0 Å². The minimum atomic E-state index is 0.549. The molecule has 0 fully saturated rings. The van der Waals surface area contributed by atoms with E-state index in [0.29, 0.717) is 6.54 Å². The molecule has 0 amide bonds. The lowest BCUT2D eigenvalue weighted by molar-refractivity contribution is 0.409. The molecule has 0 saturated heterocycles. The zero-order chi connectivity index (χ0) is 15.2. The van der Waals surface area contributed by atoms with E-state index in [0.717, 1.165) is 24.4 Å². The second-order valence-corrected chi connectivity index (χ2v) is 5.20. The third-order valence-corrected chi connectivity index (χ3v) is 3.69. The largest absolute Gasteiger partial charge is 0.496 e. The first-order valence-corrected chi connectivity index (χ1v) is 7.35. The van der Waals surface area contributed by atoms with Gasteiger partial charge in [-0.25, -0.2) is 0 Å². The maximum absolute atomic E-state index is 5.75. The number of rotatable bonds is 6. The minimum Gasteiger partial charge on any atom is -0.496 e. The highest BCUT2D eigenvalue weighted by Crippen LogP contribution is 2.25. The molecule has 0 aliphatic rings. The van der Waals surface area contributed by atoms with Gasteiger partial charge >= 0.3 is 0 Å². The lowest BCUT2D eigenvalue weighted by Crippen LogP contribution is -2.22. The van der Waals surface area contributed by atoms with Crippen LogP contribution in [0.3, 0.4) is 0 Å². The molecule has 0 spiro atoms. The zero-order valence-electron chi connectivity index (χ0n) is 13.1. The number of nitrogens with two attached hydrogens (primary N) is 1. The van der Waals surface area contributed by atoms with Crippen LogP contribution in [0, 0.1) is 6.92 Å². The second-order valence-electron chi connectivity index (χ2n) is 5.20. The first-order chi connectivity index (χ1) is 10.2. The molecule has 0 radical (unpaired) electrons. The fourth-order valence-electron chi connectivity index (χ4n) is 2.50. The highest BCUT2D eigenvalue weighted by atomic mass is 16.5. The number of nitrogens with zero attached hydrogens (tertiary/aromatic N) is 1. The SMILES string of the molecule is CCN(Cc1cc(CN)ccc1OC)c1cccc(C)c1. The Morgan fingerprint density at radius 1 is 1.14 bits per heavy atom. The van der Waals surface area contributed by atoms with E-state index in [1.807, 2.05) is 12.1 Å². The summed E-state index contributed by atoms with van der Waals surface area (Å²) in [5, 5.41) is 0. The van der Waals surface area contributed by atoms with E-state index >= 15 is 0 Å². The predicted octanol–water partition coefficient (Wildman–Crippen LogP) is 3.49. The Bertz CT molecular complexity index is 596. The van der Waals surface area contributed by atoms with Crippen molar-refractivity contribution in [1.29, 1.82) is 0 Å². The van der Waals surface area contributed by atoms with Gasteiger partial charge in [0.25, 0.3) is 0 Å². The Hall–Kier alpha value is -2.00. The summed E-state index contributed by atoms with van der Waals surface area (Å²) in [6.07, 6.45) is 0. The number of benzene rings is 2. The van der Waals surface area contributed by atoms with E-state index in [4.69, 9.17) is 10.5 Å². The van der Waals surface area contributed by atoms with Crippen molar-refractivity contribution in [3.63, 3.8) is 0 Å². The van der Waals surface area contributed by atoms with Gasteiger partial charge in [0.05, 0.1) is 7.11 Å². The molecule has 0 aliphatic carbocycles. The van der Waals surface area contributed by atoms with Gasteiger partial charge in [0, 0.05) is 30.9 Å². The molecule has 21 heavy (non-hydrogen) atoms. The fraction of sp³-hybridized carbons (Fsp3) is 0.333. The second kappa shape index (κ2) is 7.14. The molecule has 0 aliphatic heterocycles. The number of hydrogen-bond acceptors (Lipinski definition) is 3. The number of anilines is 1. The summed E-state index contributed by atoms with van der Waals surface area (Å²) in [6, 6.07) is 14.7. The van der Waals surface area contributed by atoms with Gasteiger partial charge in [-0.2, -0.15) is 0 Å². The highest BCUT2D eigenvalue weighted by Gasteiger charge is 2.10. The average Bonchev–Trinajstić information content (AvgIpc) is 2.52. The van der Waals surface area contributed by atoms with Crippen molar-refractivity contribution in [2.24, 2.45) is 5.73 Å². The Kier molecular flexibility index (Phi) is 5.23. The highest BCUT2D eigenvalue weighted by molar-refractivity contribution is 5.50. The third-order valence-electron chi connectivity index (χ3n) is 3.69. The van der Waals surface area contributed by atoms with Crippen LogP contribution in [0.1, 0.15) is 23.6 Å². The number of methoxy groups -OCH3 is 1. The molecular formula is C18H24N2O. The molecule has 0 aromatic heterocycles. The number of hydrogen-bond donors (Lipinski definition) is 1. The smallest absolute Gasteiger partial charge is 0.123 e. The van der Waals surface area contributed by atoms with Crippen LogP contribution in [-0.4, -0.2) is 13.7 Å². The molecule has 2 N–H and O–H groups in total. The zero-order valence-corrected chi connectivity index (χ0v) is 13.1. The summed E-state index contributed by atoms with van der Waals surface area (Å²) >= 11 is 0. The molecule has 0 saturated carbocycles. The quantitative estimate of drug-likeness (QED) is 0.882. The molecule has 2 aromatic carbocycles. The summed E-state index contributed by atoms with van der Waals surface area (Å²) in [5.74, 6) is 0.915. The summed E-state index contributed by atoms with van der Waals surface area (Å²) in [6.45, 7) is 6.60. The standard InChI is InChI=1S/C18H24N2O/c1-4-20(17-7-5-6-14(2)10-17)13-16-11-15(12-19)8-9-18(16)21-3/h5-11H,4,12-13,19H2,1-3H3. The topological polar surface area (TPSA) is 38.5 Å². The molecular weight excluding hydrogens is 260 g/mol. The van der Waals surface area contributed by atoms with Crippen molar-refractivity contribution in [2.75, 3.05) is 18.6 Å². The van der Waals surface area contributed by atoms with Crippen molar-refractivity contribution >= 4 is 5.69 Å². The van der Waals surface area contributed by atoms with Crippen molar-refractivity contribution in [3.8, 4) is 5.75 Å². The van der Waals surface area contributed by atoms with Crippen LogP contribution in [0.5, 0.6) is 5.75 Å². The van der Waals surface area contributed by atoms with Gasteiger partial charge in [-0.1, -0.05) is 18.2 Å². The van der Waals surface area contributed by atoms with E-state index in [9.17, 15) is 0 Å². The third kappa shape index (κ3) is 3.76. The number of aryl methyl sites for hydroxylation is 1. The molecule has 0 heterocycles. The van der Waals surface area contributed by atoms with Crippen LogP contribution in [-0.2, 0) is 13.1 Å². The van der Waals surface area contributed by atoms with Crippen LogP contribution < -0.4 is 15.4 Å². The monoisotopic (exact) mass is 284 g/mol. The molecule has 3 nitrogen and oxygen atoms in total. The van der Waals surface area contributed by atoms with Gasteiger partial charge in [-0.3, -0.25) is 0 Å². The molecule has 112 valence electrons. The molecule has 2 rings (SSSR count). The molecule has 2 aromatic rings. The van der Waals surface area contributed by atoms with Crippen LogP contribution in [0.25, 0.3) is 0 Å². The maximum atomic E-state index is 5.75. The Labute approximate surface area is 127 Å². The fourth-order valence-corrected chi connectivity index (χ4v) is 2.50. The van der Waals surface area contributed by atoms with Gasteiger partial charge in [0.2, 0.25) is 0 Å². The number of ether oxygens (including phenoxy) is 1. The minimum absolute atomic E-state index is 0.549. The lowest BCUT2D eigenvalue weighted by atomic mass is 10.1. The Morgan fingerprint density at radius 2 is 1.95 bits per heavy atom. The Balaban J connectivity index is 2.29. The first kappa shape index (κ1) is 15.4. The van der Waals surface area contributed by atoms with Crippen LogP contribution in [0.15, 0.2) is 42.5 Å². The van der Waals surface area contributed by atoms with Gasteiger partial charge in [0.1, 0.15) is 5.75 Å². The summed E-state index contributed by atoms with van der Waals surface area (Å²) in [7, 11) is 1.71. The predicted molar refractivity (Wildman–Crippen MR) is 88.8 cm³/mol. The van der Waals surface area contributed by atoms with E-state index < -0.39 is 0 Å². The van der Waals surface area contributed by atoms with E-state index in [1.165, 1.54) is 16.8 Å². The molecule has 3 heteroatoms. The van der Waals surface area contributed by atoms with Crippen molar-refractivity contribution < 1.29 is 4.74 Å². The summed E-state index contributed by atoms with van der Waals surface area (Å²) in [5.41, 5.74) is 10.6. The van der Waals surface area contributed by atoms with E-state index in [2.05, 4.69) is 49.1 Å². The summed E-state index contributed by atoms with van der Waals surface area (Å²) < 4.78 is 5.48. The van der Waals surface area contributed by atoms with Gasteiger partial charge in [-0.15, -0.1) is 0 Å². The molecule has 0 unspecified atom stereocenters. The normalized spacial score (nSPS) is 10.5. The maximum Gasteiger partial charge on any atom is 0.123 e. The van der Waals surface area contributed by atoms with Crippen LogP contribution >= 0.6 is 0 Å². The van der Waals surface area contributed by atoms with E-state index in [1.54, 1.807) is 7.11 Å². The molecule has 0 atom stereocenters. The Morgan fingerprint density at radius 3 is 2.57 bits per heavy atom. The molecule has 0 bridgehead atoms.